The smallest absolute Gasteiger partial charge is 0.0564 e. The summed E-state index contributed by atoms with van der Waals surface area (Å²) >= 11 is 0. The molecule has 0 atom stereocenters. The zero-order valence-electron chi connectivity index (χ0n) is 34.4. The minimum Gasteiger partial charge on any atom is -0.310 e. The molecule has 9 aromatic rings. The average molecular weight is 773 g/mol. The zero-order chi connectivity index (χ0) is 40.9. The van der Waals surface area contributed by atoms with E-state index >= 15 is 0 Å². The number of hydrogen-bond acceptors (Lipinski definition) is 2. The first-order valence-corrected chi connectivity index (χ1v) is 20.8. The lowest BCUT2D eigenvalue weighted by Crippen LogP contribution is -2.19. The molecule has 0 aliphatic rings. The van der Waals surface area contributed by atoms with E-state index in [1.54, 1.807) is 0 Å². The Kier molecular flexibility index (Phi) is 10.7. The highest BCUT2D eigenvalue weighted by Crippen LogP contribution is 2.51. The maximum Gasteiger partial charge on any atom is 0.0564 e. The van der Waals surface area contributed by atoms with Crippen LogP contribution in [0.15, 0.2) is 237 Å². The summed E-state index contributed by atoms with van der Waals surface area (Å²) < 4.78 is 0. The molecular weight excluding hydrogens is 725 g/mol. The van der Waals surface area contributed by atoms with Crippen LogP contribution in [0, 0.1) is 0 Å². The molecule has 0 aliphatic heterocycles. The van der Waals surface area contributed by atoms with Gasteiger partial charge in [0.25, 0.3) is 0 Å². The summed E-state index contributed by atoms with van der Waals surface area (Å²) in [6.07, 6.45) is 0. The van der Waals surface area contributed by atoms with Crippen molar-refractivity contribution in [3.63, 3.8) is 0 Å². The molecule has 0 saturated heterocycles. The van der Waals surface area contributed by atoms with E-state index in [4.69, 9.17) is 0 Å². The van der Waals surface area contributed by atoms with Crippen LogP contribution in [0.4, 0.5) is 34.1 Å². The summed E-state index contributed by atoms with van der Waals surface area (Å²) in [6.45, 7) is 6.94. The van der Waals surface area contributed by atoms with Gasteiger partial charge in [-0.2, -0.15) is 0 Å². The number of para-hydroxylation sites is 2. The van der Waals surface area contributed by atoms with Crippen LogP contribution in [0.2, 0.25) is 0 Å². The lowest BCUT2D eigenvalue weighted by atomic mass is 9.83. The summed E-state index contributed by atoms with van der Waals surface area (Å²) in [5, 5.41) is 0. The molecule has 0 unspecified atom stereocenters. The maximum absolute atomic E-state index is 2.44. The molecule has 9 rings (SSSR count). The second-order valence-electron chi connectivity index (χ2n) is 16.3. The SMILES string of the molecule is CC(C)(C)c1cc(N(c2ccccc2)c2ccc(-c3ccccc3)cc2)c(-c2cccc(-c3ccccc3)c2)c(N(c2ccccc2)c2ccc(-c3ccccc3)cc2)c1. The Balaban J connectivity index is 1.35. The van der Waals surface area contributed by atoms with E-state index in [9.17, 15) is 0 Å². The van der Waals surface area contributed by atoms with Crippen molar-refractivity contribution in [2.24, 2.45) is 0 Å². The van der Waals surface area contributed by atoms with Gasteiger partial charge in [-0.05, 0) is 117 Å². The Morgan fingerprint density at radius 3 is 0.950 bits per heavy atom. The minimum absolute atomic E-state index is 0.174. The molecule has 0 fully saturated rings. The predicted octanol–water partition coefficient (Wildman–Crippen LogP) is 16.6. The lowest BCUT2D eigenvalue weighted by Gasteiger charge is -2.35. The molecule has 2 nitrogen and oxygen atoms in total. The number of anilines is 6. The normalized spacial score (nSPS) is 11.2. The van der Waals surface area contributed by atoms with E-state index in [1.165, 1.54) is 38.9 Å². The van der Waals surface area contributed by atoms with Gasteiger partial charge in [-0.25, -0.2) is 0 Å². The van der Waals surface area contributed by atoms with E-state index in [2.05, 4.69) is 267 Å². The fourth-order valence-corrected chi connectivity index (χ4v) is 8.05. The molecule has 0 saturated carbocycles. The van der Waals surface area contributed by atoms with E-state index < -0.39 is 0 Å². The van der Waals surface area contributed by atoms with Crippen LogP contribution in [0.25, 0.3) is 44.5 Å². The number of rotatable bonds is 10. The van der Waals surface area contributed by atoms with Crippen LogP contribution < -0.4 is 9.80 Å². The monoisotopic (exact) mass is 772 g/mol. The summed E-state index contributed by atoms with van der Waals surface area (Å²) in [5.41, 5.74) is 17.0. The van der Waals surface area contributed by atoms with Gasteiger partial charge in [0.1, 0.15) is 0 Å². The van der Waals surface area contributed by atoms with Crippen LogP contribution in [0.3, 0.4) is 0 Å². The predicted molar refractivity (Wildman–Crippen MR) is 256 cm³/mol. The van der Waals surface area contributed by atoms with Crippen molar-refractivity contribution < 1.29 is 0 Å². The molecule has 0 amide bonds. The van der Waals surface area contributed by atoms with Gasteiger partial charge in [-0.1, -0.05) is 191 Å². The molecule has 0 spiro atoms. The summed E-state index contributed by atoms with van der Waals surface area (Å²) in [6, 6.07) is 85.5. The lowest BCUT2D eigenvalue weighted by molar-refractivity contribution is 0.590. The summed E-state index contributed by atoms with van der Waals surface area (Å²) in [4.78, 5) is 4.89. The molecule has 0 aromatic heterocycles. The van der Waals surface area contributed by atoms with Crippen molar-refractivity contribution in [2.75, 3.05) is 9.80 Å². The standard InChI is InChI=1S/C58H48N2/c1-58(2,3)50-41-55(59(51-28-15-7-16-29-51)53-36-32-46(33-37-53)43-20-9-4-10-21-43)57(49-27-19-26-48(40-49)45-24-13-6-14-25-45)56(42-50)60(52-30-17-8-18-31-52)54-38-34-47(35-39-54)44-22-11-5-12-23-44/h4-42H,1-3H3. The van der Waals surface area contributed by atoms with Crippen LogP contribution in [-0.4, -0.2) is 0 Å². The topological polar surface area (TPSA) is 6.48 Å². The van der Waals surface area contributed by atoms with Gasteiger partial charge >= 0.3 is 0 Å². The summed E-state index contributed by atoms with van der Waals surface area (Å²) in [5.74, 6) is 0. The van der Waals surface area contributed by atoms with Gasteiger partial charge in [0.05, 0.1) is 11.4 Å². The molecule has 0 radical (unpaired) electrons. The second-order valence-corrected chi connectivity index (χ2v) is 16.3. The van der Waals surface area contributed by atoms with Crippen molar-refractivity contribution in [1.29, 1.82) is 0 Å². The average Bonchev–Trinajstić information content (AvgIpc) is 3.31. The highest BCUT2D eigenvalue weighted by Gasteiger charge is 2.28. The Bertz CT molecular complexity index is 2640. The molecule has 60 heavy (non-hydrogen) atoms. The molecule has 9 aromatic carbocycles. The number of nitrogens with zero attached hydrogens (tertiary/aromatic N) is 2. The van der Waals surface area contributed by atoms with Gasteiger partial charge in [-0.15, -0.1) is 0 Å². The van der Waals surface area contributed by atoms with Crippen LogP contribution >= 0.6 is 0 Å². The van der Waals surface area contributed by atoms with Gasteiger partial charge in [0.15, 0.2) is 0 Å². The minimum atomic E-state index is -0.174. The van der Waals surface area contributed by atoms with Crippen LogP contribution in [-0.2, 0) is 5.41 Å². The Hall–Kier alpha value is -7.42. The Labute approximate surface area is 355 Å². The third-order valence-corrected chi connectivity index (χ3v) is 11.2. The molecule has 290 valence electrons. The molecule has 0 bridgehead atoms. The van der Waals surface area contributed by atoms with Crippen molar-refractivity contribution >= 4 is 34.1 Å². The number of benzene rings is 9. The molecule has 0 aliphatic carbocycles. The van der Waals surface area contributed by atoms with E-state index in [-0.39, 0.29) is 5.41 Å². The number of hydrogen-bond donors (Lipinski definition) is 0. The zero-order valence-corrected chi connectivity index (χ0v) is 34.4. The largest absolute Gasteiger partial charge is 0.310 e. The maximum atomic E-state index is 2.44. The van der Waals surface area contributed by atoms with E-state index in [1.807, 2.05) is 0 Å². The first-order chi connectivity index (χ1) is 29.4. The van der Waals surface area contributed by atoms with Crippen LogP contribution in [0.5, 0.6) is 0 Å². The van der Waals surface area contributed by atoms with Crippen molar-refractivity contribution in [3.05, 3.63) is 242 Å². The van der Waals surface area contributed by atoms with Crippen LogP contribution in [0.1, 0.15) is 26.3 Å². The first kappa shape index (κ1) is 38.1. The van der Waals surface area contributed by atoms with Crippen molar-refractivity contribution in [1.82, 2.24) is 0 Å². The Morgan fingerprint density at radius 1 is 0.267 bits per heavy atom. The third-order valence-electron chi connectivity index (χ3n) is 11.2. The van der Waals surface area contributed by atoms with Gasteiger partial charge < -0.3 is 9.80 Å². The van der Waals surface area contributed by atoms with E-state index in [0.717, 1.165) is 45.3 Å². The van der Waals surface area contributed by atoms with Crippen molar-refractivity contribution in [3.8, 4) is 44.5 Å². The molecule has 0 heterocycles. The molecular formula is C58H48N2. The van der Waals surface area contributed by atoms with E-state index in [0.29, 0.717) is 0 Å². The highest BCUT2D eigenvalue weighted by atomic mass is 15.2. The molecule has 0 N–H and O–H groups in total. The van der Waals surface area contributed by atoms with Gasteiger partial charge in [0.2, 0.25) is 0 Å². The molecule has 2 heteroatoms. The summed E-state index contributed by atoms with van der Waals surface area (Å²) in [7, 11) is 0. The van der Waals surface area contributed by atoms with Gasteiger partial charge in [0, 0.05) is 28.3 Å². The third kappa shape index (κ3) is 8.01. The quantitative estimate of drug-likeness (QED) is 0.137. The Morgan fingerprint density at radius 2 is 0.567 bits per heavy atom. The fourth-order valence-electron chi connectivity index (χ4n) is 8.05. The second kappa shape index (κ2) is 16.8. The highest BCUT2D eigenvalue weighted by molar-refractivity contribution is 6.00. The first-order valence-electron chi connectivity index (χ1n) is 20.8. The fraction of sp³-hybridized carbons (Fsp3) is 0.0690. The van der Waals surface area contributed by atoms with Crippen molar-refractivity contribution in [2.45, 2.75) is 26.2 Å². The van der Waals surface area contributed by atoms with Gasteiger partial charge in [-0.3, -0.25) is 0 Å².